The van der Waals surface area contributed by atoms with E-state index in [9.17, 15) is 8.42 Å². The predicted molar refractivity (Wildman–Crippen MR) is 68.1 cm³/mol. The second kappa shape index (κ2) is 9.78. The van der Waals surface area contributed by atoms with Crippen molar-refractivity contribution in [1.29, 1.82) is 0 Å². The SMILES string of the molecule is COCC(CNCCNCCS(C)(=O)=O)OC. The molecule has 104 valence electrons. The molecule has 0 saturated heterocycles. The molecule has 0 bridgehead atoms. The fourth-order valence-electron chi connectivity index (χ4n) is 1.22. The standard InChI is InChI=1S/C10H24N2O4S/c1-15-9-10(16-2)8-12-5-4-11-6-7-17(3,13)14/h10-12H,4-9H2,1-3H3. The maximum atomic E-state index is 10.8. The van der Waals surface area contributed by atoms with Gasteiger partial charge in [-0.2, -0.15) is 0 Å². The maximum Gasteiger partial charge on any atom is 0.148 e. The third-order valence-corrected chi connectivity index (χ3v) is 3.13. The highest BCUT2D eigenvalue weighted by molar-refractivity contribution is 7.90. The lowest BCUT2D eigenvalue weighted by atomic mass is 10.3. The Hall–Kier alpha value is -0.210. The van der Waals surface area contributed by atoms with E-state index in [4.69, 9.17) is 9.47 Å². The van der Waals surface area contributed by atoms with Crippen molar-refractivity contribution >= 4 is 9.84 Å². The number of rotatable bonds is 11. The molecule has 0 aromatic carbocycles. The third-order valence-electron chi connectivity index (χ3n) is 2.19. The molecule has 0 aromatic heterocycles. The van der Waals surface area contributed by atoms with Gasteiger partial charge in [-0.15, -0.1) is 0 Å². The van der Waals surface area contributed by atoms with Gasteiger partial charge in [0.05, 0.1) is 18.5 Å². The van der Waals surface area contributed by atoms with Crippen molar-refractivity contribution in [2.24, 2.45) is 0 Å². The van der Waals surface area contributed by atoms with Gasteiger partial charge in [-0.25, -0.2) is 8.42 Å². The minimum atomic E-state index is -2.86. The zero-order valence-corrected chi connectivity index (χ0v) is 11.7. The van der Waals surface area contributed by atoms with Gasteiger partial charge < -0.3 is 20.1 Å². The summed E-state index contributed by atoms with van der Waals surface area (Å²) in [5.74, 6) is 0.178. The molecule has 0 radical (unpaired) electrons. The van der Waals surface area contributed by atoms with Crippen molar-refractivity contribution in [3.05, 3.63) is 0 Å². The first kappa shape index (κ1) is 16.8. The van der Waals surface area contributed by atoms with Gasteiger partial charge in [0.15, 0.2) is 0 Å². The van der Waals surface area contributed by atoms with Gasteiger partial charge in [0.25, 0.3) is 0 Å². The average molecular weight is 268 g/mol. The molecule has 0 saturated carbocycles. The normalized spacial score (nSPS) is 13.8. The molecular weight excluding hydrogens is 244 g/mol. The number of hydrogen-bond donors (Lipinski definition) is 2. The first-order valence-corrected chi connectivity index (χ1v) is 7.66. The van der Waals surface area contributed by atoms with Crippen LogP contribution in [-0.2, 0) is 19.3 Å². The highest BCUT2D eigenvalue weighted by atomic mass is 32.2. The van der Waals surface area contributed by atoms with E-state index in [1.165, 1.54) is 6.26 Å². The molecule has 2 N–H and O–H groups in total. The molecule has 0 amide bonds. The van der Waals surface area contributed by atoms with Crippen LogP contribution in [0.25, 0.3) is 0 Å². The van der Waals surface area contributed by atoms with E-state index >= 15 is 0 Å². The number of methoxy groups -OCH3 is 2. The summed E-state index contributed by atoms with van der Waals surface area (Å²) in [6.07, 6.45) is 1.29. The smallest absolute Gasteiger partial charge is 0.148 e. The van der Waals surface area contributed by atoms with Crippen LogP contribution in [0.2, 0.25) is 0 Å². The Labute approximate surface area is 104 Å². The number of ether oxygens (including phenoxy) is 2. The van der Waals surface area contributed by atoms with E-state index in [0.717, 1.165) is 19.6 Å². The van der Waals surface area contributed by atoms with Gasteiger partial charge in [0, 0.05) is 46.7 Å². The van der Waals surface area contributed by atoms with E-state index in [2.05, 4.69) is 10.6 Å². The minimum absolute atomic E-state index is 0.0519. The van der Waals surface area contributed by atoms with E-state index in [0.29, 0.717) is 13.2 Å². The second-order valence-corrected chi connectivity index (χ2v) is 6.16. The Morgan fingerprint density at radius 1 is 1.12 bits per heavy atom. The van der Waals surface area contributed by atoms with Crippen molar-refractivity contribution in [3.63, 3.8) is 0 Å². The Kier molecular flexibility index (Phi) is 9.66. The summed E-state index contributed by atoms with van der Waals surface area (Å²) in [7, 11) is 0.425. The lowest BCUT2D eigenvalue weighted by Gasteiger charge is -2.15. The molecule has 0 rings (SSSR count). The molecule has 0 aromatic rings. The zero-order valence-electron chi connectivity index (χ0n) is 10.9. The molecule has 0 aliphatic rings. The fourth-order valence-corrected chi connectivity index (χ4v) is 1.73. The van der Waals surface area contributed by atoms with Crippen LogP contribution in [0.1, 0.15) is 0 Å². The van der Waals surface area contributed by atoms with E-state index < -0.39 is 9.84 Å². The number of sulfone groups is 1. The quantitative estimate of drug-likeness (QED) is 0.462. The summed E-state index contributed by atoms with van der Waals surface area (Å²) in [5, 5.41) is 6.25. The molecule has 1 unspecified atom stereocenters. The molecule has 0 spiro atoms. The molecule has 1 atom stereocenters. The first-order chi connectivity index (χ1) is 7.99. The third kappa shape index (κ3) is 12.0. The molecule has 17 heavy (non-hydrogen) atoms. The topological polar surface area (TPSA) is 76.7 Å². The zero-order chi connectivity index (χ0) is 13.1. The Bertz CT molecular complexity index is 269. The molecule has 6 nitrogen and oxygen atoms in total. The van der Waals surface area contributed by atoms with Crippen molar-refractivity contribution in [1.82, 2.24) is 10.6 Å². The highest BCUT2D eigenvalue weighted by Crippen LogP contribution is 1.87. The highest BCUT2D eigenvalue weighted by Gasteiger charge is 2.05. The van der Waals surface area contributed by atoms with Crippen molar-refractivity contribution < 1.29 is 17.9 Å². The monoisotopic (exact) mass is 268 g/mol. The van der Waals surface area contributed by atoms with Crippen LogP contribution >= 0.6 is 0 Å². The van der Waals surface area contributed by atoms with Crippen LogP contribution in [0.5, 0.6) is 0 Å². The second-order valence-electron chi connectivity index (χ2n) is 3.90. The van der Waals surface area contributed by atoms with E-state index in [-0.39, 0.29) is 11.9 Å². The summed E-state index contributed by atoms with van der Waals surface area (Å²) in [6, 6.07) is 0. The van der Waals surface area contributed by atoms with Gasteiger partial charge in [-0.05, 0) is 0 Å². The fraction of sp³-hybridized carbons (Fsp3) is 1.00. The van der Waals surface area contributed by atoms with Gasteiger partial charge in [0.2, 0.25) is 0 Å². The van der Waals surface area contributed by atoms with Crippen LogP contribution in [0.3, 0.4) is 0 Å². The minimum Gasteiger partial charge on any atom is -0.382 e. The molecule has 0 aliphatic heterocycles. The molecule has 0 fully saturated rings. The Morgan fingerprint density at radius 2 is 1.76 bits per heavy atom. The lowest BCUT2D eigenvalue weighted by molar-refractivity contribution is 0.0291. The summed E-state index contributed by atoms with van der Waals surface area (Å²) >= 11 is 0. The summed E-state index contributed by atoms with van der Waals surface area (Å²) in [4.78, 5) is 0. The summed E-state index contributed by atoms with van der Waals surface area (Å²) in [6.45, 7) is 3.28. The predicted octanol–water partition coefficient (Wildman–Crippen LogP) is -1.13. The first-order valence-electron chi connectivity index (χ1n) is 5.60. The summed E-state index contributed by atoms with van der Waals surface area (Å²) in [5.41, 5.74) is 0. The summed E-state index contributed by atoms with van der Waals surface area (Å²) < 4.78 is 31.8. The van der Waals surface area contributed by atoms with Crippen LogP contribution in [-0.4, -0.2) is 73.5 Å². The van der Waals surface area contributed by atoms with Crippen molar-refractivity contribution in [2.75, 3.05) is 59.0 Å². The van der Waals surface area contributed by atoms with Crippen molar-refractivity contribution in [3.8, 4) is 0 Å². The van der Waals surface area contributed by atoms with E-state index in [1.54, 1.807) is 14.2 Å². The lowest BCUT2D eigenvalue weighted by Crippen LogP contribution is -2.36. The van der Waals surface area contributed by atoms with Gasteiger partial charge in [-0.3, -0.25) is 0 Å². The molecule has 0 heterocycles. The number of nitrogens with one attached hydrogen (secondary N) is 2. The van der Waals surface area contributed by atoms with Gasteiger partial charge in [0.1, 0.15) is 9.84 Å². The average Bonchev–Trinajstić information content (AvgIpc) is 2.24. The molecule has 0 aliphatic carbocycles. The van der Waals surface area contributed by atoms with E-state index in [1.807, 2.05) is 0 Å². The van der Waals surface area contributed by atoms with Crippen molar-refractivity contribution in [2.45, 2.75) is 6.10 Å². The van der Waals surface area contributed by atoms with Crippen LogP contribution in [0.15, 0.2) is 0 Å². The van der Waals surface area contributed by atoms with Crippen LogP contribution in [0, 0.1) is 0 Å². The maximum absolute atomic E-state index is 10.8. The van der Waals surface area contributed by atoms with Crippen LogP contribution in [0.4, 0.5) is 0 Å². The largest absolute Gasteiger partial charge is 0.382 e. The van der Waals surface area contributed by atoms with Gasteiger partial charge in [-0.1, -0.05) is 0 Å². The Balaban J connectivity index is 3.34. The molecule has 7 heteroatoms. The molecular formula is C10H24N2O4S. The number of hydrogen-bond acceptors (Lipinski definition) is 6. The Morgan fingerprint density at radius 3 is 2.29 bits per heavy atom. The van der Waals surface area contributed by atoms with Crippen LogP contribution < -0.4 is 10.6 Å². The van der Waals surface area contributed by atoms with Gasteiger partial charge >= 0.3 is 0 Å².